The number of ketones is 1. The number of ether oxygens (including phenoxy) is 1. The molecule has 7 nitrogen and oxygen atoms in total. The van der Waals surface area contributed by atoms with E-state index in [1.807, 2.05) is 6.07 Å². The third-order valence-corrected chi connectivity index (χ3v) is 5.10. The van der Waals surface area contributed by atoms with Crippen molar-refractivity contribution in [3.63, 3.8) is 0 Å². The summed E-state index contributed by atoms with van der Waals surface area (Å²) in [5.74, 6) is -2.70. The van der Waals surface area contributed by atoms with Gasteiger partial charge < -0.3 is 15.0 Å². The molecule has 0 spiro atoms. The summed E-state index contributed by atoms with van der Waals surface area (Å²) in [5.41, 5.74) is -0.608. The molecule has 0 radical (unpaired) electrons. The fourth-order valence-corrected chi connectivity index (χ4v) is 3.72. The molecule has 1 aliphatic heterocycles. The van der Waals surface area contributed by atoms with Gasteiger partial charge in [0.25, 0.3) is 0 Å². The molecule has 0 aromatic carbocycles. The lowest BCUT2D eigenvalue weighted by Gasteiger charge is -2.34. The van der Waals surface area contributed by atoms with Crippen LogP contribution in [-0.2, 0) is 14.3 Å². The minimum absolute atomic E-state index is 0.0551. The molecule has 1 aliphatic carbocycles. The highest BCUT2D eigenvalue weighted by atomic mass is 16.6. The van der Waals surface area contributed by atoms with Crippen LogP contribution in [0, 0.1) is 23.2 Å². The molecule has 0 unspecified atom stereocenters. The number of Topliss-reactive ketones (excluding diaryl/α,β-unsaturated/α-hetero) is 1. The maximum Gasteiger partial charge on any atom is 0.410 e. The lowest BCUT2D eigenvalue weighted by molar-refractivity contribution is -0.135. The van der Waals surface area contributed by atoms with Crippen molar-refractivity contribution in [2.45, 2.75) is 77.4 Å². The number of carbonyl (C=O) groups excluding carboxylic acids is 3. The van der Waals surface area contributed by atoms with Crippen LogP contribution in [0.1, 0.15) is 65.7 Å². The lowest BCUT2D eigenvalue weighted by atomic mass is 9.86. The molecule has 0 aromatic heterocycles. The van der Waals surface area contributed by atoms with Crippen molar-refractivity contribution in [3.8, 4) is 6.07 Å². The van der Waals surface area contributed by atoms with Crippen LogP contribution in [-0.4, -0.2) is 47.4 Å². The number of hydrogen-bond acceptors (Lipinski definition) is 5. The Labute approximate surface area is 161 Å². The van der Waals surface area contributed by atoms with Crippen molar-refractivity contribution in [1.29, 1.82) is 5.26 Å². The summed E-state index contributed by atoms with van der Waals surface area (Å²) in [6.45, 7) is 6.09. The Kier molecular flexibility index (Phi) is 7.23. The first-order valence-electron chi connectivity index (χ1n) is 9.93. The van der Waals surface area contributed by atoms with Gasteiger partial charge in [0.1, 0.15) is 5.60 Å². The second-order valence-corrected chi connectivity index (χ2v) is 8.57. The third-order valence-electron chi connectivity index (χ3n) is 5.10. The van der Waals surface area contributed by atoms with E-state index in [1.54, 1.807) is 20.8 Å². The smallest absolute Gasteiger partial charge is 0.410 e. The highest BCUT2D eigenvalue weighted by molar-refractivity contribution is 6.05. The van der Waals surface area contributed by atoms with Crippen molar-refractivity contribution >= 4 is 17.8 Å². The summed E-state index contributed by atoms with van der Waals surface area (Å²) < 4.78 is 5.37. The SMILES string of the molecule is CC(C)(C)OC(=O)N1CCC[C@@H](C(=O)[C@H](C#N)C(=O)NC2CCCCC2)C1. The van der Waals surface area contributed by atoms with E-state index in [4.69, 9.17) is 4.74 Å². The van der Waals surface area contributed by atoms with Crippen LogP contribution < -0.4 is 5.32 Å². The van der Waals surface area contributed by atoms with E-state index in [9.17, 15) is 19.6 Å². The summed E-state index contributed by atoms with van der Waals surface area (Å²) in [6, 6.07) is 1.93. The number of nitrogens with one attached hydrogen (secondary N) is 1. The molecule has 2 amide bonds. The van der Waals surface area contributed by atoms with E-state index in [0.29, 0.717) is 19.4 Å². The summed E-state index contributed by atoms with van der Waals surface area (Å²) in [6.07, 6.45) is 5.84. The van der Waals surface area contributed by atoms with E-state index in [2.05, 4.69) is 5.32 Å². The molecule has 1 saturated carbocycles. The number of amides is 2. The summed E-state index contributed by atoms with van der Waals surface area (Å²) >= 11 is 0. The number of carbonyl (C=O) groups is 3. The summed E-state index contributed by atoms with van der Waals surface area (Å²) in [4.78, 5) is 39.0. The molecule has 1 heterocycles. The van der Waals surface area contributed by atoms with Crippen LogP contribution in [0.2, 0.25) is 0 Å². The fourth-order valence-electron chi connectivity index (χ4n) is 3.72. The number of hydrogen-bond donors (Lipinski definition) is 1. The Bertz CT molecular complexity index is 599. The van der Waals surface area contributed by atoms with E-state index in [-0.39, 0.29) is 18.4 Å². The van der Waals surface area contributed by atoms with Crippen molar-refractivity contribution < 1.29 is 19.1 Å². The van der Waals surface area contributed by atoms with Crippen LogP contribution >= 0.6 is 0 Å². The van der Waals surface area contributed by atoms with Gasteiger partial charge in [-0.15, -0.1) is 0 Å². The second kappa shape index (κ2) is 9.20. The quantitative estimate of drug-likeness (QED) is 0.760. The zero-order chi connectivity index (χ0) is 20.0. The largest absolute Gasteiger partial charge is 0.444 e. The molecule has 150 valence electrons. The first-order valence-corrected chi connectivity index (χ1v) is 9.93. The van der Waals surface area contributed by atoms with Crippen LogP contribution in [0.3, 0.4) is 0 Å². The van der Waals surface area contributed by atoms with Crippen molar-refractivity contribution in [2.24, 2.45) is 11.8 Å². The zero-order valence-electron chi connectivity index (χ0n) is 16.6. The summed E-state index contributed by atoms with van der Waals surface area (Å²) in [5, 5.41) is 12.3. The Balaban J connectivity index is 1.96. The van der Waals surface area contributed by atoms with Crippen LogP contribution in [0.5, 0.6) is 0 Å². The van der Waals surface area contributed by atoms with Crippen molar-refractivity contribution in [2.75, 3.05) is 13.1 Å². The first kappa shape index (κ1) is 21.2. The second-order valence-electron chi connectivity index (χ2n) is 8.57. The van der Waals surface area contributed by atoms with E-state index < -0.39 is 29.4 Å². The number of piperidine rings is 1. The van der Waals surface area contributed by atoms with E-state index in [1.165, 1.54) is 4.90 Å². The zero-order valence-corrected chi connectivity index (χ0v) is 16.6. The van der Waals surface area contributed by atoms with Gasteiger partial charge in [0.15, 0.2) is 11.7 Å². The average Bonchev–Trinajstić information content (AvgIpc) is 2.61. The maximum atomic E-state index is 12.8. The van der Waals surface area contributed by atoms with Gasteiger partial charge in [0, 0.05) is 25.0 Å². The van der Waals surface area contributed by atoms with E-state index >= 15 is 0 Å². The first-order chi connectivity index (χ1) is 12.7. The van der Waals surface area contributed by atoms with Crippen LogP contribution in [0.15, 0.2) is 0 Å². The average molecular weight is 377 g/mol. The van der Waals surface area contributed by atoms with Gasteiger partial charge in [-0.2, -0.15) is 5.26 Å². The molecule has 1 saturated heterocycles. The third kappa shape index (κ3) is 6.23. The van der Waals surface area contributed by atoms with Gasteiger partial charge in [0.2, 0.25) is 5.91 Å². The highest BCUT2D eigenvalue weighted by Gasteiger charge is 2.37. The molecule has 2 aliphatic rings. The molecule has 7 heteroatoms. The molecule has 27 heavy (non-hydrogen) atoms. The molecule has 1 N–H and O–H groups in total. The van der Waals surface area contributed by atoms with Crippen LogP contribution in [0.25, 0.3) is 0 Å². The number of nitriles is 1. The van der Waals surface area contributed by atoms with E-state index in [0.717, 1.165) is 32.1 Å². The maximum absolute atomic E-state index is 12.8. The molecular weight excluding hydrogens is 346 g/mol. The molecule has 0 aromatic rings. The number of rotatable bonds is 4. The van der Waals surface area contributed by atoms with Gasteiger partial charge in [-0.05, 0) is 46.5 Å². The van der Waals surface area contributed by atoms with Gasteiger partial charge in [-0.3, -0.25) is 9.59 Å². The van der Waals surface area contributed by atoms with Crippen molar-refractivity contribution in [1.82, 2.24) is 10.2 Å². The van der Waals surface area contributed by atoms with Gasteiger partial charge in [-0.1, -0.05) is 19.3 Å². The molecule has 2 fully saturated rings. The Morgan fingerprint density at radius 3 is 2.37 bits per heavy atom. The van der Waals surface area contributed by atoms with Gasteiger partial charge in [-0.25, -0.2) is 4.79 Å². The van der Waals surface area contributed by atoms with Gasteiger partial charge >= 0.3 is 6.09 Å². The molecule has 2 rings (SSSR count). The van der Waals surface area contributed by atoms with Crippen LogP contribution in [0.4, 0.5) is 4.79 Å². The Morgan fingerprint density at radius 2 is 1.78 bits per heavy atom. The summed E-state index contributed by atoms with van der Waals surface area (Å²) in [7, 11) is 0. The fraction of sp³-hybridized carbons (Fsp3) is 0.800. The lowest BCUT2D eigenvalue weighted by Crippen LogP contribution is -2.48. The number of nitrogens with zero attached hydrogens (tertiary/aromatic N) is 2. The standard InChI is InChI=1S/C20H31N3O4/c1-20(2,3)27-19(26)23-11-7-8-14(13-23)17(24)16(12-21)18(25)22-15-9-5-4-6-10-15/h14-16H,4-11,13H2,1-3H3,(H,22,25)/t14-,16+/m1/s1. The van der Waals surface area contributed by atoms with Gasteiger partial charge in [0.05, 0.1) is 6.07 Å². The molecule has 0 bridgehead atoms. The molecule has 2 atom stereocenters. The topological polar surface area (TPSA) is 99.5 Å². The Hall–Kier alpha value is -2.10. The minimum Gasteiger partial charge on any atom is -0.444 e. The highest BCUT2D eigenvalue weighted by Crippen LogP contribution is 2.23. The minimum atomic E-state index is -1.31. The predicted molar refractivity (Wildman–Crippen MR) is 99.7 cm³/mol. The monoisotopic (exact) mass is 377 g/mol. The number of likely N-dealkylation sites (tertiary alicyclic amines) is 1. The normalized spacial score (nSPS) is 22.4. The van der Waals surface area contributed by atoms with Crippen molar-refractivity contribution in [3.05, 3.63) is 0 Å². The Morgan fingerprint density at radius 1 is 1.11 bits per heavy atom. The molecular formula is C20H31N3O4. The predicted octanol–water partition coefficient (Wildman–Crippen LogP) is 2.79.